The summed E-state index contributed by atoms with van der Waals surface area (Å²) in [5, 5.41) is 4.07. The summed E-state index contributed by atoms with van der Waals surface area (Å²) in [4.78, 5) is 6.84. The van der Waals surface area contributed by atoms with Gasteiger partial charge in [-0.25, -0.2) is 4.39 Å². The zero-order valence-corrected chi connectivity index (χ0v) is 15.7. The molecule has 0 saturated carbocycles. The van der Waals surface area contributed by atoms with Crippen LogP contribution in [0.1, 0.15) is 30.5 Å². The van der Waals surface area contributed by atoms with Crippen LogP contribution in [0.25, 0.3) is 0 Å². The summed E-state index contributed by atoms with van der Waals surface area (Å²) in [6.45, 7) is 3.46. The molecule has 1 aliphatic rings. The van der Waals surface area contributed by atoms with Crippen molar-refractivity contribution >= 4 is 24.0 Å². The van der Waals surface area contributed by atoms with Gasteiger partial charge in [0.05, 0.1) is 5.69 Å². The number of nitrogens with one attached hydrogen (secondary N) is 1. The van der Waals surface area contributed by atoms with Crippen molar-refractivity contribution in [2.45, 2.75) is 38.4 Å². The molecule has 2 heterocycles. The molecule has 1 aromatic carbocycles. The van der Waals surface area contributed by atoms with Crippen LogP contribution in [0.15, 0.2) is 42.6 Å². The lowest BCUT2D eigenvalue weighted by atomic mass is 10.1. The second kappa shape index (κ2) is 10.1. The molecule has 1 N–H and O–H groups in total. The SMILES string of the molecule is Cl.Fc1ccc(Cl)c(CN(Cc2ccccn2)C2CCCNCC2)c1. The molecule has 0 spiro atoms. The van der Waals surface area contributed by atoms with Gasteiger partial charge >= 0.3 is 0 Å². The minimum Gasteiger partial charge on any atom is -0.317 e. The van der Waals surface area contributed by atoms with E-state index in [1.807, 2.05) is 24.4 Å². The van der Waals surface area contributed by atoms with Gasteiger partial charge in [0.1, 0.15) is 5.82 Å². The highest BCUT2D eigenvalue weighted by Crippen LogP contribution is 2.24. The van der Waals surface area contributed by atoms with Crippen molar-refractivity contribution in [2.75, 3.05) is 13.1 Å². The summed E-state index contributed by atoms with van der Waals surface area (Å²) in [7, 11) is 0. The Morgan fingerprint density at radius 3 is 2.84 bits per heavy atom. The topological polar surface area (TPSA) is 28.2 Å². The smallest absolute Gasteiger partial charge is 0.123 e. The van der Waals surface area contributed by atoms with Gasteiger partial charge in [-0.1, -0.05) is 17.7 Å². The molecule has 0 aliphatic carbocycles. The molecular weight excluding hydrogens is 360 g/mol. The third-order valence-electron chi connectivity index (χ3n) is 4.53. The van der Waals surface area contributed by atoms with E-state index in [1.165, 1.54) is 6.07 Å². The Bertz CT molecular complexity index is 646. The monoisotopic (exact) mass is 383 g/mol. The van der Waals surface area contributed by atoms with E-state index in [2.05, 4.69) is 15.2 Å². The molecule has 1 aliphatic heterocycles. The van der Waals surface area contributed by atoms with Crippen LogP contribution in [0.4, 0.5) is 4.39 Å². The standard InChI is InChI=1S/C19H23ClFN3.ClH/c20-19-7-6-16(21)12-15(19)13-24(14-17-4-1-2-10-23-17)18-5-3-9-22-11-8-18;/h1-2,4,6-7,10,12,18,22H,3,5,8-9,11,13-14H2;1H. The van der Waals surface area contributed by atoms with Crippen molar-refractivity contribution in [1.29, 1.82) is 0 Å². The van der Waals surface area contributed by atoms with E-state index in [9.17, 15) is 4.39 Å². The quantitative estimate of drug-likeness (QED) is 0.826. The Labute approximate surface area is 160 Å². The van der Waals surface area contributed by atoms with Gasteiger partial charge in [0, 0.05) is 30.4 Å². The first-order valence-corrected chi connectivity index (χ1v) is 8.89. The molecule has 0 bridgehead atoms. The summed E-state index contributed by atoms with van der Waals surface area (Å²) < 4.78 is 13.6. The van der Waals surface area contributed by atoms with Gasteiger partial charge in [0.2, 0.25) is 0 Å². The number of halogens is 3. The number of hydrogen-bond donors (Lipinski definition) is 1. The van der Waals surface area contributed by atoms with Gasteiger partial charge in [0.25, 0.3) is 0 Å². The van der Waals surface area contributed by atoms with Crippen LogP contribution in [0.3, 0.4) is 0 Å². The lowest BCUT2D eigenvalue weighted by Crippen LogP contribution is -2.35. The van der Waals surface area contributed by atoms with Gasteiger partial charge < -0.3 is 5.32 Å². The highest BCUT2D eigenvalue weighted by Gasteiger charge is 2.21. The van der Waals surface area contributed by atoms with Crippen molar-refractivity contribution in [3.8, 4) is 0 Å². The first-order chi connectivity index (χ1) is 11.7. The molecule has 3 nitrogen and oxygen atoms in total. The van der Waals surface area contributed by atoms with Crippen molar-refractivity contribution in [3.63, 3.8) is 0 Å². The minimum absolute atomic E-state index is 0. The second-order valence-electron chi connectivity index (χ2n) is 6.30. The third-order valence-corrected chi connectivity index (χ3v) is 4.90. The van der Waals surface area contributed by atoms with E-state index in [-0.39, 0.29) is 18.2 Å². The Balaban J connectivity index is 0.00000225. The van der Waals surface area contributed by atoms with Crippen LogP contribution in [0.5, 0.6) is 0 Å². The van der Waals surface area contributed by atoms with Crippen molar-refractivity contribution in [2.24, 2.45) is 0 Å². The van der Waals surface area contributed by atoms with Crippen molar-refractivity contribution < 1.29 is 4.39 Å². The summed E-state index contributed by atoms with van der Waals surface area (Å²) in [5.74, 6) is -0.241. The Morgan fingerprint density at radius 2 is 2.04 bits per heavy atom. The highest BCUT2D eigenvalue weighted by atomic mass is 35.5. The van der Waals surface area contributed by atoms with E-state index in [4.69, 9.17) is 11.6 Å². The molecule has 1 atom stereocenters. The summed E-state index contributed by atoms with van der Waals surface area (Å²) in [6.07, 6.45) is 5.18. The predicted octanol–water partition coefficient (Wildman–Crippen LogP) is 4.44. The number of hydrogen-bond acceptors (Lipinski definition) is 3. The summed E-state index contributed by atoms with van der Waals surface area (Å²) in [5.41, 5.74) is 1.87. The van der Waals surface area contributed by atoms with Crippen LogP contribution in [-0.4, -0.2) is 29.0 Å². The minimum atomic E-state index is -0.241. The maximum Gasteiger partial charge on any atom is 0.123 e. The van der Waals surface area contributed by atoms with Gasteiger partial charge in [0.15, 0.2) is 0 Å². The predicted molar refractivity (Wildman–Crippen MR) is 103 cm³/mol. The highest BCUT2D eigenvalue weighted by molar-refractivity contribution is 6.31. The zero-order chi connectivity index (χ0) is 16.8. The zero-order valence-electron chi connectivity index (χ0n) is 14.1. The number of rotatable bonds is 5. The molecule has 1 fully saturated rings. The van der Waals surface area contributed by atoms with E-state index >= 15 is 0 Å². The summed E-state index contributed by atoms with van der Waals surface area (Å²) >= 11 is 6.29. The molecule has 25 heavy (non-hydrogen) atoms. The van der Waals surface area contributed by atoms with Crippen molar-refractivity contribution in [3.05, 3.63) is 64.7 Å². The first-order valence-electron chi connectivity index (χ1n) is 8.51. The van der Waals surface area contributed by atoms with Crippen LogP contribution in [0, 0.1) is 5.82 Å². The first kappa shape index (κ1) is 20.1. The largest absolute Gasteiger partial charge is 0.317 e. The average molecular weight is 384 g/mol. The molecule has 136 valence electrons. The molecule has 1 aromatic heterocycles. The van der Waals surface area contributed by atoms with Crippen LogP contribution < -0.4 is 5.32 Å². The molecule has 0 amide bonds. The molecule has 1 saturated heterocycles. The molecule has 6 heteroatoms. The lowest BCUT2D eigenvalue weighted by molar-refractivity contribution is 0.162. The van der Waals surface area contributed by atoms with E-state index in [1.54, 1.807) is 12.1 Å². The van der Waals surface area contributed by atoms with Crippen molar-refractivity contribution in [1.82, 2.24) is 15.2 Å². The maximum absolute atomic E-state index is 13.6. The van der Waals surface area contributed by atoms with E-state index < -0.39 is 0 Å². The Hall–Kier alpha value is -1.20. The van der Waals surface area contributed by atoms with E-state index in [0.29, 0.717) is 17.6 Å². The Kier molecular flexibility index (Phi) is 8.10. The molecular formula is C19H24Cl2FN3. The average Bonchev–Trinajstić information content (AvgIpc) is 2.88. The second-order valence-corrected chi connectivity index (χ2v) is 6.70. The molecule has 0 radical (unpaired) electrons. The molecule has 1 unspecified atom stereocenters. The van der Waals surface area contributed by atoms with Gasteiger partial charge in [-0.05, 0) is 68.2 Å². The lowest BCUT2D eigenvalue weighted by Gasteiger charge is -2.31. The fourth-order valence-electron chi connectivity index (χ4n) is 3.26. The summed E-state index contributed by atoms with van der Waals surface area (Å²) in [6, 6.07) is 11.0. The van der Waals surface area contributed by atoms with Gasteiger partial charge in [-0.15, -0.1) is 12.4 Å². The normalized spacial score (nSPS) is 17.8. The number of nitrogens with zero attached hydrogens (tertiary/aromatic N) is 2. The fraction of sp³-hybridized carbons (Fsp3) is 0.421. The van der Waals surface area contributed by atoms with Gasteiger partial charge in [-0.2, -0.15) is 0 Å². The third kappa shape index (κ3) is 5.93. The van der Waals surface area contributed by atoms with Gasteiger partial charge in [-0.3, -0.25) is 9.88 Å². The number of pyridine rings is 1. The molecule has 2 aromatic rings. The van der Waals surface area contributed by atoms with Crippen LogP contribution in [-0.2, 0) is 13.1 Å². The fourth-order valence-corrected chi connectivity index (χ4v) is 3.44. The van der Waals surface area contributed by atoms with Crippen LogP contribution in [0.2, 0.25) is 5.02 Å². The maximum atomic E-state index is 13.6. The van der Waals surface area contributed by atoms with Crippen LogP contribution >= 0.6 is 24.0 Å². The number of benzene rings is 1. The Morgan fingerprint density at radius 1 is 1.16 bits per heavy atom. The number of aromatic nitrogens is 1. The molecule has 3 rings (SSSR count). The van der Waals surface area contributed by atoms with E-state index in [0.717, 1.165) is 50.2 Å².